The maximum Gasteiger partial charge on any atom is 0.254 e. The van der Waals surface area contributed by atoms with Gasteiger partial charge in [0.25, 0.3) is 5.91 Å². The molecule has 4 heteroatoms. The van der Waals surface area contributed by atoms with E-state index in [4.69, 9.17) is 11.6 Å². The zero-order valence-electron chi connectivity index (χ0n) is 11.4. The number of carbonyl (C=O) groups excluding carboxylic acids is 1. The molecule has 0 heterocycles. The topological polar surface area (TPSA) is 20.3 Å². The number of carbonyl (C=O) groups is 1. The van der Waals surface area contributed by atoms with Gasteiger partial charge in [-0.25, -0.2) is 4.39 Å². The van der Waals surface area contributed by atoms with Crippen LogP contribution in [0.15, 0.2) is 36.4 Å². The molecule has 2 rings (SSSR count). The summed E-state index contributed by atoms with van der Waals surface area (Å²) in [5.41, 5.74) is 0.540. The fourth-order valence-electron chi connectivity index (χ4n) is 2.27. The van der Waals surface area contributed by atoms with E-state index in [9.17, 15) is 9.18 Å². The van der Waals surface area contributed by atoms with E-state index in [1.165, 1.54) is 6.07 Å². The normalized spacial score (nSPS) is 10.8. The SMILES string of the molecule is CCN(CCCCl)C(=O)c1ccc(F)c2ccccc12. The second-order valence-corrected chi connectivity index (χ2v) is 4.95. The van der Waals surface area contributed by atoms with Crippen molar-refractivity contribution < 1.29 is 9.18 Å². The molecule has 0 aliphatic heterocycles. The summed E-state index contributed by atoms with van der Waals surface area (Å²) in [5.74, 6) is 0.142. The molecule has 0 unspecified atom stereocenters. The molecule has 0 aliphatic carbocycles. The molecule has 2 aromatic carbocycles. The lowest BCUT2D eigenvalue weighted by Crippen LogP contribution is -2.32. The molecule has 0 saturated heterocycles. The van der Waals surface area contributed by atoms with Crippen LogP contribution in [0.5, 0.6) is 0 Å². The van der Waals surface area contributed by atoms with Crippen molar-refractivity contribution in [3.8, 4) is 0 Å². The van der Waals surface area contributed by atoms with Gasteiger partial charge < -0.3 is 4.90 Å². The van der Waals surface area contributed by atoms with Crippen LogP contribution in [-0.2, 0) is 0 Å². The molecule has 0 N–H and O–H groups in total. The van der Waals surface area contributed by atoms with E-state index in [-0.39, 0.29) is 11.7 Å². The monoisotopic (exact) mass is 293 g/mol. The van der Waals surface area contributed by atoms with Crippen molar-refractivity contribution in [2.75, 3.05) is 19.0 Å². The summed E-state index contributed by atoms with van der Waals surface area (Å²) >= 11 is 5.68. The lowest BCUT2D eigenvalue weighted by Gasteiger charge is -2.21. The van der Waals surface area contributed by atoms with E-state index in [1.54, 1.807) is 29.2 Å². The number of rotatable bonds is 5. The second kappa shape index (κ2) is 6.71. The summed E-state index contributed by atoms with van der Waals surface area (Å²) in [4.78, 5) is 14.3. The molecule has 0 aliphatic rings. The number of hydrogen-bond donors (Lipinski definition) is 0. The Hall–Kier alpha value is -1.61. The Morgan fingerprint density at radius 2 is 1.90 bits per heavy atom. The highest BCUT2D eigenvalue weighted by Gasteiger charge is 2.17. The molecule has 0 aromatic heterocycles. The Bertz CT molecular complexity index is 614. The van der Waals surface area contributed by atoms with Crippen LogP contribution in [-0.4, -0.2) is 29.8 Å². The van der Waals surface area contributed by atoms with Gasteiger partial charge in [-0.1, -0.05) is 24.3 Å². The maximum absolute atomic E-state index is 13.8. The van der Waals surface area contributed by atoms with E-state index in [0.29, 0.717) is 35.3 Å². The van der Waals surface area contributed by atoms with Crippen LogP contribution >= 0.6 is 11.6 Å². The van der Waals surface area contributed by atoms with Gasteiger partial charge in [0.2, 0.25) is 0 Å². The van der Waals surface area contributed by atoms with E-state index in [2.05, 4.69) is 0 Å². The third-order valence-electron chi connectivity index (χ3n) is 3.33. The molecule has 2 nitrogen and oxygen atoms in total. The Balaban J connectivity index is 2.41. The van der Waals surface area contributed by atoms with Crippen molar-refractivity contribution >= 4 is 28.3 Å². The molecule has 20 heavy (non-hydrogen) atoms. The second-order valence-electron chi connectivity index (χ2n) is 4.57. The van der Waals surface area contributed by atoms with Crippen LogP contribution in [0.1, 0.15) is 23.7 Å². The summed E-state index contributed by atoms with van der Waals surface area (Å²) in [6.45, 7) is 3.16. The molecular formula is C16H17ClFNO. The van der Waals surface area contributed by atoms with Gasteiger partial charge in [0.1, 0.15) is 5.82 Å². The van der Waals surface area contributed by atoms with Crippen LogP contribution in [0, 0.1) is 5.82 Å². The predicted molar refractivity (Wildman–Crippen MR) is 80.8 cm³/mol. The molecule has 106 valence electrons. The number of nitrogens with zero attached hydrogens (tertiary/aromatic N) is 1. The highest BCUT2D eigenvalue weighted by atomic mass is 35.5. The highest BCUT2D eigenvalue weighted by molar-refractivity contribution is 6.17. The van der Waals surface area contributed by atoms with Crippen molar-refractivity contribution in [2.45, 2.75) is 13.3 Å². The Morgan fingerprint density at radius 3 is 2.55 bits per heavy atom. The lowest BCUT2D eigenvalue weighted by molar-refractivity contribution is 0.0767. The van der Waals surface area contributed by atoms with Crippen LogP contribution < -0.4 is 0 Å². The minimum atomic E-state index is -0.305. The fourth-order valence-corrected chi connectivity index (χ4v) is 2.39. The van der Waals surface area contributed by atoms with Gasteiger partial charge in [-0.05, 0) is 30.9 Å². The largest absolute Gasteiger partial charge is 0.339 e. The molecule has 0 atom stereocenters. The molecule has 0 spiro atoms. The first-order valence-electron chi connectivity index (χ1n) is 6.71. The van der Waals surface area contributed by atoms with Crippen LogP contribution in [0.4, 0.5) is 4.39 Å². The van der Waals surface area contributed by atoms with E-state index >= 15 is 0 Å². The van der Waals surface area contributed by atoms with Crippen LogP contribution in [0.3, 0.4) is 0 Å². The first kappa shape index (κ1) is 14.8. The van der Waals surface area contributed by atoms with Crippen molar-refractivity contribution in [1.29, 1.82) is 0 Å². The van der Waals surface area contributed by atoms with Gasteiger partial charge in [-0.3, -0.25) is 4.79 Å². The molecule has 2 aromatic rings. The zero-order chi connectivity index (χ0) is 14.5. The molecule has 0 fully saturated rings. The van der Waals surface area contributed by atoms with Gasteiger partial charge in [-0.2, -0.15) is 0 Å². The van der Waals surface area contributed by atoms with Gasteiger partial charge in [-0.15, -0.1) is 11.6 Å². The average Bonchev–Trinajstić information content (AvgIpc) is 2.48. The Labute approximate surface area is 123 Å². The summed E-state index contributed by atoms with van der Waals surface area (Å²) in [6.07, 6.45) is 0.750. The van der Waals surface area contributed by atoms with E-state index in [0.717, 1.165) is 6.42 Å². The zero-order valence-corrected chi connectivity index (χ0v) is 12.2. The van der Waals surface area contributed by atoms with E-state index < -0.39 is 0 Å². The molecule has 1 amide bonds. The molecule has 0 bridgehead atoms. The smallest absolute Gasteiger partial charge is 0.254 e. The minimum Gasteiger partial charge on any atom is -0.339 e. The molecular weight excluding hydrogens is 277 g/mol. The first-order valence-corrected chi connectivity index (χ1v) is 7.25. The maximum atomic E-state index is 13.8. The lowest BCUT2D eigenvalue weighted by atomic mass is 10.0. The quantitative estimate of drug-likeness (QED) is 0.761. The number of amides is 1. The number of hydrogen-bond acceptors (Lipinski definition) is 1. The van der Waals surface area contributed by atoms with Gasteiger partial charge >= 0.3 is 0 Å². The molecule has 0 saturated carbocycles. The number of benzene rings is 2. The third kappa shape index (κ3) is 2.93. The first-order chi connectivity index (χ1) is 9.69. The summed E-state index contributed by atoms with van der Waals surface area (Å²) in [7, 11) is 0. The molecule has 0 radical (unpaired) electrons. The van der Waals surface area contributed by atoms with Crippen molar-refractivity contribution in [2.24, 2.45) is 0 Å². The van der Waals surface area contributed by atoms with Crippen LogP contribution in [0.25, 0.3) is 10.8 Å². The van der Waals surface area contributed by atoms with Crippen LogP contribution in [0.2, 0.25) is 0 Å². The van der Waals surface area contributed by atoms with Crippen molar-refractivity contribution in [1.82, 2.24) is 4.90 Å². The predicted octanol–water partition coefficient (Wildman–Crippen LogP) is 4.07. The summed E-state index contributed by atoms with van der Waals surface area (Å²) in [6, 6.07) is 9.96. The number of fused-ring (bicyclic) bond motifs is 1. The van der Waals surface area contributed by atoms with Gasteiger partial charge in [0.15, 0.2) is 0 Å². The van der Waals surface area contributed by atoms with E-state index in [1.807, 2.05) is 13.0 Å². The average molecular weight is 294 g/mol. The summed E-state index contributed by atoms with van der Waals surface area (Å²) in [5, 5.41) is 1.13. The Kier molecular flexibility index (Phi) is 4.96. The number of halogens is 2. The van der Waals surface area contributed by atoms with Crippen molar-refractivity contribution in [3.05, 3.63) is 47.8 Å². The summed E-state index contributed by atoms with van der Waals surface area (Å²) < 4.78 is 13.8. The standard InChI is InChI=1S/C16H17ClFNO/c1-2-19(11-5-10-17)16(20)14-8-9-15(18)13-7-4-3-6-12(13)14/h3-4,6-9H,2,5,10-11H2,1H3. The number of alkyl halides is 1. The van der Waals surface area contributed by atoms with Gasteiger partial charge in [0, 0.05) is 29.9 Å². The highest BCUT2D eigenvalue weighted by Crippen LogP contribution is 2.23. The fraction of sp³-hybridized carbons (Fsp3) is 0.312. The van der Waals surface area contributed by atoms with Crippen molar-refractivity contribution in [3.63, 3.8) is 0 Å². The third-order valence-corrected chi connectivity index (χ3v) is 3.60. The Morgan fingerprint density at radius 1 is 1.20 bits per heavy atom. The minimum absolute atomic E-state index is 0.0752. The van der Waals surface area contributed by atoms with Gasteiger partial charge in [0.05, 0.1) is 0 Å².